The molecule has 1 aliphatic heterocycles. The molecule has 4 rings (SSSR count). The average Bonchev–Trinajstić information content (AvgIpc) is 2.66. The maximum atomic E-state index is 11.9. The number of rotatable bonds is 4. The average molecular weight is 347 g/mol. The maximum absolute atomic E-state index is 11.9. The van der Waals surface area contributed by atoms with E-state index in [-0.39, 0.29) is 11.6 Å². The monoisotopic (exact) mass is 347 g/mol. The summed E-state index contributed by atoms with van der Waals surface area (Å²) in [7, 11) is 0. The van der Waals surface area contributed by atoms with Crippen LogP contribution >= 0.6 is 0 Å². The second-order valence-electron chi connectivity index (χ2n) is 5.98. The molecule has 0 unspecified atom stereocenters. The van der Waals surface area contributed by atoms with Gasteiger partial charge in [-0.3, -0.25) is 4.79 Å². The number of aromatic amines is 1. The van der Waals surface area contributed by atoms with Crippen molar-refractivity contribution >= 4 is 17.4 Å². The summed E-state index contributed by atoms with van der Waals surface area (Å²) in [6, 6.07) is 16.5. The molecule has 0 atom stereocenters. The number of fused-ring (bicyclic) bond motifs is 1. The van der Waals surface area contributed by atoms with E-state index in [0.29, 0.717) is 24.6 Å². The predicted octanol–water partition coefficient (Wildman–Crippen LogP) is 2.68. The quantitative estimate of drug-likeness (QED) is 0.583. The first kappa shape index (κ1) is 15.9. The summed E-state index contributed by atoms with van der Waals surface area (Å²) in [5.41, 5.74) is 3.94. The van der Waals surface area contributed by atoms with Crippen LogP contribution in [0.3, 0.4) is 0 Å². The van der Waals surface area contributed by atoms with Crippen LogP contribution in [0.25, 0.3) is 11.4 Å². The van der Waals surface area contributed by atoms with Crippen molar-refractivity contribution < 1.29 is 4.79 Å². The van der Waals surface area contributed by atoms with Crippen LogP contribution in [0.2, 0.25) is 0 Å². The topological polar surface area (TPSA) is 98.9 Å². The third-order valence-electron chi connectivity index (χ3n) is 4.11. The van der Waals surface area contributed by atoms with Gasteiger partial charge in [0.2, 0.25) is 0 Å². The molecule has 7 heteroatoms. The Labute approximate surface area is 149 Å². The van der Waals surface area contributed by atoms with Crippen LogP contribution in [0.15, 0.2) is 59.4 Å². The third-order valence-corrected chi connectivity index (χ3v) is 4.11. The molecular weight excluding hydrogens is 330 g/mol. The summed E-state index contributed by atoms with van der Waals surface area (Å²) in [6.07, 6.45) is 0. The summed E-state index contributed by atoms with van der Waals surface area (Å²) in [4.78, 5) is 30.7. The highest BCUT2D eigenvalue weighted by molar-refractivity contribution is 5.92. The van der Waals surface area contributed by atoms with Crippen molar-refractivity contribution in [3.63, 3.8) is 0 Å². The first-order chi connectivity index (χ1) is 12.7. The number of amides is 2. The lowest BCUT2D eigenvalue weighted by atomic mass is 10.1. The molecule has 4 N–H and O–H groups in total. The van der Waals surface area contributed by atoms with E-state index in [4.69, 9.17) is 0 Å². The number of carbonyl (C=O) groups excluding carboxylic acids is 1. The minimum absolute atomic E-state index is 0.195. The highest BCUT2D eigenvalue weighted by atomic mass is 16.2. The molecule has 0 bridgehead atoms. The zero-order valence-electron chi connectivity index (χ0n) is 13.9. The largest absolute Gasteiger partial charge is 0.379 e. The fourth-order valence-corrected chi connectivity index (χ4v) is 2.82. The molecule has 1 aliphatic rings. The Hall–Kier alpha value is -3.61. The molecule has 26 heavy (non-hydrogen) atoms. The number of carbonyl (C=O) groups is 1. The molecule has 0 fully saturated rings. The van der Waals surface area contributed by atoms with Gasteiger partial charge in [-0.1, -0.05) is 36.4 Å². The predicted molar refractivity (Wildman–Crippen MR) is 99.9 cm³/mol. The van der Waals surface area contributed by atoms with Gasteiger partial charge in [-0.15, -0.1) is 0 Å². The van der Waals surface area contributed by atoms with Crippen molar-refractivity contribution in [2.75, 3.05) is 10.6 Å². The van der Waals surface area contributed by atoms with E-state index in [1.807, 2.05) is 48.5 Å². The molecule has 0 radical (unpaired) electrons. The highest BCUT2D eigenvalue weighted by Gasteiger charge is 2.13. The number of aromatic nitrogens is 2. The number of anilines is 2. The molecule has 0 aliphatic carbocycles. The fraction of sp³-hybridized carbons (Fsp3) is 0.105. The third kappa shape index (κ3) is 3.41. The van der Waals surface area contributed by atoms with Crippen LogP contribution < -0.4 is 21.5 Å². The lowest BCUT2D eigenvalue weighted by molar-refractivity contribution is 0.251. The number of benzene rings is 2. The molecule has 3 aromatic rings. The minimum Gasteiger partial charge on any atom is -0.379 e. The summed E-state index contributed by atoms with van der Waals surface area (Å²) in [5, 5.41) is 8.75. The SMILES string of the molecule is O=C1NCc2ccc(NCc3cc(=O)[nH]c(-c4ccccc4)n3)cc2N1. The Morgan fingerprint density at radius 3 is 2.73 bits per heavy atom. The van der Waals surface area contributed by atoms with Crippen molar-refractivity contribution in [2.45, 2.75) is 13.1 Å². The first-order valence-electron chi connectivity index (χ1n) is 8.25. The van der Waals surface area contributed by atoms with Gasteiger partial charge in [0.15, 0.2) is 0 Å². The van der Waals surface area contributed by atoms with Crippen molar-refractivity contribution in [1.82, 2.24) is 15.3 Å². The van der Waals surface area contributed by atoms with E-state index < -0.39 is 0 Å². The standard InChI is InChI=1S/C19H17N5O2/c25-17-9-15(22-18(24-17)12-4-2-1-3-5-12)11-20-14-7-6-13-10-21-19(26)23-16(13)8-14/h1-9,20H,10-11H2,(H2,21,23,26)(H,22,24,25). The Morgan fingerprint density at radius 1 is 1.04 bits per heavy atom. The minimum atomic E-state index is -0.210. The molecule has 0 spiro atoms. The van der Waals surface area contributed by atoms with E-state index >= 15 is 0 Å². The number of hydrogen-bond donors (Lipinski definition) is 4. The van der Waals surface area contributed by atoms with Gasteiger partial charge >= 0.3 is 6.03 Å². The van der Waals surface area contributed by atoms with Crippen molar-refractivity contribution in [3.05, 3.63) is 76.2 Å². The van der Waals surface area contributed by atoms with Crippen LogP contribution in [0.4, 0.5) is 16.2 Å². The molecule has 1 aromatic heterocycles. The van der Waals surface area contributed by atoms with Gasteiger partial charge in [-0.25, -0.2) is 9.78 Å². The van der Waals surface area contributed by atoms with Gasteiger partial charge in [0.25, 0.3) is 5.56 Å². The molecule has 2 aromatic carbocycles. The van der Waals surface area contributed by atoms with Crippen LogP contribution in [-0.4, -0.2) is 16.0 Å². The number of urea groups is 1. The molecule has 0 saturated carbocycles. The van der Waals surface area contributed by atoms with Crippen LogP contribution in [0, 0.1) is 0 Å². The Morgan fingerprint density at radius 2 is 1.88 bits per heavy atom. The van der Waals surface area contributed by atoms with Crippen molar-refractivity contribution in [2.24, 2.45) is 0 Å². The summed E-state index contributed by atoms with van der Waals surface area (Å²) in [6.45, 7) is 0.909. The second kappa shape index (κ2) is 6.72. The van der Waals surface area contributed by atoms with Crippen molar-refractivity contribution in [3.8, 4) is 11.4 Å². The highest BCUT2D eigenvalue weighted by Crippen LogP contribution is 2.23. The number of nitrogens with zero attached hydrogens (tertiary/aromatic N) is 1. The lowest BCUT2D eigenvalue weighted by Gasteiger charge is -2.19. The Balaban J connectivity index is 1.53. The summed E-state index contributed by atoms with van der Waals surface area (Å²) < 4.78 is 0. The van der Waals surface area contributed by atoms with Crippen LogP contribution in [-0.2, 0) is 13.1 Å². The smallest absolute Gasteiger partial charge is 0.319 e. The van der Waals surface area contributed by atoms with Crippen LogP contribution in [0.5, 0.6) is 0 Å². The Kier molecular flexibility index (Phi) is 4.10. The van der Waals surface area contributed by atoms with Gasteiger partial charge in [0, 0.05) is 29.5 Å². The molecule has 0 saturated heterocycles. The molecule has 2 amide bonds. The molecule has 7 nitrogen and oxygen atoms in total. The van der Waals surface area contributed by atoms with E-state index in [0.717, 1.165) is 22.5 Å². The van der Waals surface area contributed by atoms with Crippen LogP contribution in [0.1, 0.15) is 11.3 Å². The second-order valence-corrected chi connectivity index (χ2v) is 5.98. The molecular formula is C19H17N5O2. The zero-order valence-corrected chi connectivity index (χ0v) is 13.9. The zero-order chi connectivity index (χ0) is 17.9. The first-order valence-corrected chi connectivity index (χ1v) is 8.25. The molecule has 2 heterocycles. The number of hydrogen-bond acceptors (Lipinski definition) is 4. The molecule has 130 valence electrons. The van der Waals surface area contributed by atoms with E-state index in [1.54, 1.807) is 0 Å². The van der Waals surface area contributed by atoms with E-state index in [9.17, 15) is 9.59 Å². The van der Waals surface area contributed by atoms with Gasteiger partial charge in [0.05, 0.1) is 12.2 Å². The normalized spacial score (nSPS) is 12.7. The van der Waals surface area contributed by atoms with Gasteiger partial charge in [0.1, 0.15) is 5.82 Å². The lowest BCUT2D eigenvalue weighted by Crippen LogP contribution is -2.33. The summed E-state index contributed by atoms with van der Waals surface area (Å²) >= 11 is 0. The summed E-state index contributed by atoms with van der Waals surface area (Å²) in [5.74, 6) is 0.540. The maximum Gasteiger partial charge on any atom is 0.319 e. The van der Waals surface area contributed by atoms with Gasteiger partial charge in [-0.2, -0.15) is 0 Å². The van der Waals surface area contributed by atoms with E-state index in [2.05, 4.69) is 25.9 Å². The van der Waals surface area contributed by atoms with Gasteiger partial charge < -0.3 is 20.9 Å². The fourth-order valence-electron chi connectivity index (χ4n) is 2.82. The van der Waals surface area contributed by atoms with Gasteiger partial charge in [-0.05, 0) is 17.7 Å². The number of H-pyrrole nitrogens is 1. The van der Waals surface area contributed by atoms with Crippen molar-refractivity contribution in [1.29, 1.82) is 0 Å². The number of nitrogens with one attached hydrogen (secondary N) is 4. The van der Waals surface area contributed by atoms with E-state index in [1.165, 1.54) is 6.07 Å². The Bertz CT molecular complexity index is 1010.